The lowest BCUT2D eigenvalue weighted by Crippen LogP contribution is -1.99. The number of nitrogens with zero attached hydrogens (tertiary/aromatic N) is 4. The molecule has 1 heterocycles. The molecule has 0 atom stereocenters. The normalized spacial score (nSPS) is 11.0. The second-order valence-electron chi connectivity index (χ2n) is 4.65. The molecule has 1 aromatic heterocycles. The average molecular weight is 347 g/mol. The van der Waals surface area contributed by atoms with E-state index in [2.05, 4.69) is 15.3 Å². The third-order valence-corrected chi connectivity index (χ3v) is 3.65. The number of benzene rings is 2. The lowest BCUT2D eigenvalue weighted by Gasteiger charge is -2.10. The first-order chi connectivity index (χ1) is 11.2. The van der Waals surface area contributed by atoms with Gasteiger partial charge in [0.2, 0.25) is 0 Å². The molecule has 0 fully saturated rings. The van der Waals surface area contributed by atoms with Gasteiger partial charge in [-0.3, -0.25) is 0 Å². The molecular weight excluding hydrogens is 335 g/mol. The Morgan fingerprint density at radius 3 is 2.65 bits per heavy atom. The fraction of sp³-hybridized carbons (Fsp3) is 0.0625. The molecule has 5 nitrogen and oxygen atoms in total. The summed E-state index contributed by atoms with van der Waals surface area (Å²) < 4.78 is 7.34. The van der Waals surface area contributed by atoms with Crippen LogP contribution in [0.25, 0.3) is 0 Å². The van der Waals surface area contributed by atoms with E-state index in [1.54, 1.807) is 24.4 Å². The van der Waals surface area contributed by atoms with Crippen molar-refractivity contribution in [2.45, 2.75) is 6.61 Å². The van der Waals surface area contributed by atoms with E-state index in [4.69, 9.17) is 27.9 Å². The van der Waals surface area contributed by atoms with Gasteiger partial charge in [0.1, 0.15) is 25.0 Å². The van der Waals surface area contributed by atoms with Crippen LogP contribution in [-0.2, 0) is 6.61 Å². The molecule has 0 radical (unpaired) electrons. The number of rotatable bonds is 5. The minimum Gasteiger partial charge on any atom is -0.488 e. The Kier molecular flexibility index (Phi) is 4.90. The summed E-state index contributed by atoms with van der Waals surface area (Å²) in [4.78, 5) is 0. The topological polar surface area (TPSA) is 52.3 Å². The number of ether oxygens (including phenoxy) is 1. The highest BCUT2D eigenvalue weighted by Crippen LogP contribution is 2.24. The molecule has 0 saturated heterocycles. The molecule has 7 heteroatoms. The standard InChI is InChI=1S/C16H12Cl2N4O/c17-14-5-6-16(23-9-12-3-1-2-4-15(12)18)13(7-14)8-21-22-10-19-20-11-22/h1-8,10-11H,9H2. The minimum atomic E-state index is 0.356. The van der Waals surface area contributed by atoms with E-state index >= 15 is 0 Å². The molecule has 0 aliphatic rings. The second-order valence-corrected chi connectivity index (χ2v) is 5.49. The zero-order chi connectivity index (χ0) is 16.1. The van der Waals surface area contributed by atoms with Crippen LogP contribution in [0, 0.1) is 0 Å². The highest BCUT2D eigenvalue weighted by atomic mass is 35.5. The summed E-state index contributed by atoms with van der Waals surface area (Å²) in [5.74, 6) is 0.658. The number of aromatic nitrogens is 3. The second kappa shape index (κ2) is 7.26. The monoisotopic (exact) mass is 346 g/mol. The van der Waals surface area contributed by atoms with E-state index in [0.717, 1.165) is 11.1 Å². The van der Waals surface area contributed by atoms with Gasteiger partial charge in [-0.25, -0.2) is 4.68 Å². The Labute approximate surface area is 143 Å². The Bertz CT molecular complexity index is 819. The van der Waals surface area contributed by atoms with Gasteiger partial charge in [0, 0.05) is 21.2 Å². The third-order valence-electron chi connectivity index (χ3n) is 3.05. The predicted octanol–water partition coefficient (Wildman–Crippen LogP) is 4.05. The molecule has 23 heavy (non-hydrogen) atoms. The van der Waals surface area contributed by atoms with Crippen molar-refractivity contribution < 1.29 is 4.74 Å². The van der Waals surface area contributed by atoms with E-state index in [1.165, 1.54) is 17.3 Å². The SMILES string of the molecule is Clc1ccc(OCc2ccccc2Cl)c(C=Nn2cnnc2)c1. The molecule has 0 N–H and O–H groups in total. The highest BCUT2D eigenvalue weighted by Gasteiger charge is 2.05. The summed E-state index contributed by atoms with van der Waals surface area (Å²) in [7, 11) is 0. The van der Waals surface area contributed by atoms with Gasteiger partial charge in [-0.15, -0.1) is 10.2 Å². The van der Waals surface area contributed by atoms with Crippen molar-refractivity contribution in [1.29, 1.82) is 0 Å². The largest absolute Gasteiger partial charge is 0.488 e. The number of hydrogen-bond acceptors (Lipinski definition) is 4. The van der Waals surface area contributed by atoms with Crippen LogP contribution in [0.2, 0.25) is 10.0 Å². The Balaban J connectivity index is 1.80. The Morgan fingerprint density at radius 2 is 1.87 bits per heavy atom. The van der Waals surface area contributed by atoms with Crippen molar-refractivity contribution >= 4 is 29.4 Å². The first-order valence-corrected chi connectivity index (χ1v) is 7.53. The molecule has 3 aromatic rings. The Morgan fingerprint density at radius 1 is 1.09 bits per heavy atom. The highest BCUT2D eigenvalue weighted by molar-refractivity contribution is 6.31. The zero-order valence-electron chi connectivity index (χ0n) is 11.9. The molecule has 116 valence electrons. The van der Waals surface area contributed by atoms with Crippen LogP contribution in [0.3, 0.4) is 0 Å². The van der Waals surface area contributed by atoms with Gasteiger partial charge in [-0.2, -0.15) is 5.10 Å². The minimum absolute atomic E-state index is 0.356. The van der Waals surface area contributed by atoms with E-state index < -0.39 is 0 Å². The maximum atomic E-state index is 6.14. The van der Waals surface area contributed by atoms with E-state index in [9.17, 15) is 0 Å². The molecule has 2 aromatic carbocycles. The van der Waals surface area contributed by atoms with Crippen LogP contribution in [0.5, 0.6) is 5.75 Å². The van der Waals surface area contributed by atoms with Gasteiger partial charge in [0.25, 0.3) is 0 Å². The summed E-state index contributed by atoms with van der Waals surface area (Å²) in [6.07, 6.45) is 4.62. The maximum absolute atomic E-state index is 6.14. The van der Waals surface area contributed by atoms with Gasteiger partial charge in [0.05, 0.1) is 6.21 Å². The average Bonchev–Trinajstić information content (AvgIpc) is 3.07. The summed E-state index contributed by atoms with van der Waals surface area (Å²) in [5, 5.41) is 12.9. The van der Waals surface area contributed by atoms with Gasteiger partial charge >= 0.3 is 0 Å². The molecule has 0 saturated carbocycles. The summed E-state index contributed by atoms with van der Waals surface area (Å²) in [5.41, 5.74) is 1.66. The van der Waals surface area contributed by atoms with E-state index in [-0.39, 0.29) is 0 Å². The quantitative estimate of drug-likeness (QED) is 0.655. The molecule has 0 bridgehead atoms. The third kappa shape index (κ3) is 4.09. The van der Waals surface area contributed by atoms with Crippen LogP contribution < -0.4 is 4.74 Å². The first kappa shape index (κ1) is 15.5. The van der Waals surface area contributed by atoms with Gasteiger partial charge < -0.3 is 4.74 Å². The van der Waals surface area contributed by atoms with Crippen molar-refractivity contribution in [1.82, 2.24) is 14.9 Å². The maximum Gasteiger partial charge on any atom is 0.141 e. The smallest absolute Gasteiger partial charge is 0.141 e. The number of halogens is 2. The summed E-state index contributed by atoms with van der Waals surface area (Å²) >= 11 is 12.2. The van der Waals surface area contributed by atoms with Gasteiger partial charge in [-0.1, -0.05) is 41.4 Å². The molecule has 0 amide bonds. The van der Waals surface area contributed by atoms with Crippen LogP contribution >= 0.6 is 23.2 Å². The van der Waals surface area contributed by atoms with Crippen molar-refractivity contribution in [2.75, 3.05) is 0 Å². The fourth-order valence-corrected chi connectivity index (χ4v) is 2.28. The lowest BCUT2D eigenvalue weighted by atomic mass is 10.2. The summed E-state index contributed by atoms with van der Waals surface area (Å²) in [6.45, 7) is 0.356. The van der Waals surface area contributed by atoms with Gasteiger partial charge in [0.15, 0.2) is 0 Å². The lowest BCUT2D eigenvalue weighted by molar-refractivity contribution is 0.306. The van der Waals surface area contributed by atoms with Crippen molar-refractivity contribution in [3.63, 3.8) is 0 Å². The molecular formula is C16H12Cl2N4O. The van der Waals surface area contributed by atoms with Crippen LogP contribution in [-0.4, -0.2) is 21.1 Å². The zero-order valence-corrected chi connectivity index (χ0v) is 13.4. The van der Waals surface area contributed by atoms with Crippen LogP contribution in [0.4, 0.5) is 0 Å². The molecule has 0 aliphatic heterocycles. The van der Waals surface area contributed by atoms with Crippen LogP contribution in [0.15, 0.2) is 60.2 Å². The van der Waals surface area contributed by atoms with E-state index in [1.807, 2.05) is 24.3 Å². The Hall–Kier alpha value is -2.37. The van der Waals surface area contributed by atoms with E-state index in [0.29, 0.717) is 22.4 Å². The molecule has 0 spiro atoms. The summed E-state index contributed by atoms with van der Waals surface area (Å²) in [6, 6.07) is 12.9. The predicted molar refractivity (Wildman–Crippen MR) is 90.3 cm³/mol. The molecule has 0 aliphatic carbocycles. The first-order valence-electron chi connectivity index (χ1n) is 6.77. The molecule has 0 unspecified atom stereocenters. The van der Waals surface area contributed by atoms with Crippen molar-refractivity contribution in [2.24, 2.45) is 5.10 Å². The molecule has 3 rings (SSSR count). The van der Waals surface area contributed by atoms with Crippen molar-refractivity contribution in [3.05, 3.63) is 76.3 Å². The van der Waals surface area contributed by atoms with Gasteiger partial charge in [-0.05, 0) is 24.3 Å². The van der Waals surface area contributed by atoms with Crippen molar-refractivity contribution in [3.8, 4) is 5.75 Å². The van der Waals surface area contributed by atoms with Crippen LogP contribution in [0.1, 0.15) is 11.1 Å². The number of hydrogen-bond donors (Lipinski definition) is 0. The fourth-order valence-electron chi connectivity index (χ4n) is 1.91.